The van der Waals surface area contributed by atoms with Gasteiger partial charge in [-0.2, -0.15) is 4.98 Å². The summed E-state index contributed by atoms with van der Waals surface area (Å²) in [6.45, 7) is 6.94. The summed E-state index contributed by atoms with van der Waals surface area (Å²) in [4.78, 5) is 32.2. The summed E-state index contributed by atoms with van der Waals surface area (Å²) in [5.74, 6) is 1.94. The fourth-order valence-corrected chi connectivity index (χ4v) is 4.02. The minimum absolute atomic E-state index is 0.00966. The zero-order valence-corrected chi connectivity index (χ0v) is 18.5. The van der Waals surface area contributed by atoms with Gasteiger partial charge in [-0.1, -0.05) is 35.0 Å². The van der Waals surface area contributed by atoms with Gasteiger partial charge in [0.15, 0.2) is 0 Å². The number of thioether (sulfide) groups is 1. The molecule has 1 aromatic heterocycles. The highest BCUT2D eigenvalue weighted by Crippen LogP contribution is 2.24. The van der Waals surface area contributed by atoms with E-state index >= 15 is 0 Å². The Kier molecular flexibility index (Phi) is 7.87. The smallest absolute Gasteiger partial charge is 0.315 e. The maximum atomic E-state index is 12.4. The third-order valence-electron chi connectivity index (χ3n) is 5.23. The van der Waals surface area contributed by atoms with E-state index in [9.17, 15) is 9.59 Å². The number of aryl methyl sites for hydroxylation is 1. The Labute approximate surface area is 180 Å². The first-order valence-corrected chi connectivity index (χ1v) is 11.2. The molecule has 1 saturated heterocycles. The van der Waals surface area contributed by atoms with Crippen molar-refractivity contribution in [3.05, 3.63) is 35.7 Å². The van der Waals surface area contributed by atoms with Crippen molar-refractivity contribution in [2.45, 2.75) is 26.3 Å². The van der Waals surface area contributed by atoms with Crippen LogP contribution in [0.5, 0.6) is 0 Å². The van der Waals surface area contributed by atoms with Crippen molar-refractivity contribution in [1.82, 2.24) is 19.9 Å². The van der Waals surface area contributed by atoms with Crippen LogP contribution in [0.4, 0.5) is 0 Å². The lowest BCUT2D eigenvalue weighted by Crippen LogP contribution is -2.49. The number of methoxy groups -OCH3 is 1. The second kappa shape index (κ2) is 10.6. The van der Waals surface area contributed by atoms with Crippen molar-refractivity contribution in [3.63, 3.8) is 0 Å². The number of hydrogen-bond donors (Lipinski definition) is 0. The Morgan fingerprint density at radius 2 is 1.90 bits per heavy atom. The number of benzene rings is 1. The van der Waals surface area contributed by atoms with Gasteiger partial charge in [0.05, 0.1) is 18.9 Å². The monoisotopic (exact) mass is 432 g/mol. The highest BCUT2D eigenvalue weighted by atomic mass is 32.2. The predicted molar refractivity (Wildman–Crippen MR) is 115 cm³/mol. The third-order valence-corrected chi connectivity index (χ3v) is 6.16. The summed E-state index contributed by atoms with van der Waals surface area (Å²) >= 11 is 1.42. The molecule has 0 saturated carbocycles. The molecule has 162 valence electrons. The lowest BCUT2D eigenvalue weighted by molar-refractivity contribution is -0.137. The minimum Gasteiger partial charge on any atom is -0.468 e. The van der Waals surface area contributed by atoms with Crippen LogP contribution < -0.4 is 0 Å². The molecule has 0 bridgehead atoms. The van der Waals surface area contributed by atoms with Crippen molar-refractivity contribution in [1.29, 1.82) is 0 Å². The number of carbonyl (C=O) groups is 2. The molecule has 1 aromatic carbocycles. The lowest BCUT2D eigenvalue weighted by Gasteiger charge is -2.36. The van der Waals surface area contributed by atoms with Gasteiger partial charge in [-0.05, 0) is 13.8 Å². The number of nitrogens with zero attached hydrogens (tertiary/aromatic N) is 4. The molecule has 0 N–H and O–H groups in total. The fraction of sp³-hybridized carbons (Fsp3) is 0.524. The molecule has 2 heterocycles. The van der Waals surface area contributed by atoms with Crippen molar-refractivity contribution >= 4 is 23.6 Å². The summed E-state index contributed by atoms with van der Waals surface area (Å²) in [5.41, 5.74) is 2.12. The van der Waals surface area contributed by atoms with E-state index in [2.05, 4.69) is 19.8 Å². The highest BCUT2D eigenvalue weighted by Gasteiger charge is 2.27. The number of amides is 1. The van der Waals surface area contributed by atoms with Crippen LogP contribution in [0.2, 0.25) is 0 Å². The number of aromatic nitrogens is 2. The standard InChI is InChI=1S/C21H28N4O4S/c1-15-4-6-17(7-5-15)20-22-21(29-23-20)16(2)24-9-11-25(12-10-24)18(26)8-13-30-14-19(27)28-3/h4-7,16H,8-14H2,1-3H3. The topological polar surface area (TPSA) is 88.8 Å². The van der Waals surface area contributed by atoms with Gasteiger partial charge in [-0.15, -0.1) is 11.8 Å². The molecular formula is C21H28N4O4S. The number of piperazine rings is 1. The summed E-state index contributed by atoms with van der Waals surface area (Å²) in [7, 11) is 1.37. The van der Waals surface area contributed by atoms with Crippen LogP contribution in [0.3, 0.4) is 0 Å². The number of esters is 1. The van der Waals surface area contributed by atoms with E-state index in [0.29, 0.717) is 37.0 Å². The van der Waals surface area contributed by atoms with Crippen LogP contribution in [0.1, 0.15) is 30.8 Å². The Bertz CT molecular complexity index is 847. The molecule has 8 nitrogen and oxygen atoms in total. The molecule has 1 atom stereocenters. The molecule has 1 amide bonds. The van der Waals surface area contributed by atoms with E-state index in [0.717, 1.165) is 18.7 Å². The van der Waals surface area contributed by atoms with Gasteiger partial charge >= 0.3 is 5.97 Å². The first-order chi connectivity index (χ1) is 14.5. The highest BCUT2D eigenvalue weighted by molar-refractivity contribution is 7.99. The maximum Gasteiger partial charge on any atom is 0.315 e. The van der Waals surface area contributed by atoms with E-state index < -0.39 is 0 Å². The van der Waals surface area contributed by atoms with E-state index in [1.165, 1.54) is 24.4 Å². The number of ether oxygens (including phenoxy) is 1. The molecule has 1 fully saturated rings. The van der Waals surface area contributed by atoms with Gasteiger partial charge in [0.1, 0.15) is 0 Å². The first kappa shape index (κ1) is 22.3. The van der Waals surface area contributed by atoms with Crippen LogP contribution >= 0.6 is 11.8 Å². The second-order valence-corrected chi connectivity index (χ2v) is 8.40. The van der Waals surface area contributed by atoms with Gasteiger partial charge in [0.25, 0.3) is 0 Å². The van der Waals surface area contributed by atoms with E-state index in [1.807, 2.05) is 43.0 Å². The predicted octanol–water partition coefficient (Wildman–Crippen LogP) is 2.55. The maximum absolute atomic E-state index is 12.4. The summed E-state index contributed by atoms with van der Waals surface area (Å²) in [5, 5.41) is 4.12. The third kappa shape index (κ3) is 5.82. The van der Waals surface area contributed by atoms with Crippen LogP contribution in [-0.2, 0) is 14.3 Å². The molecular weight excluding hydrogens is 404 g/mol. The second-order valence-electron chi connectivity index (χ2n) is 7.29. The zero-order valence-electron chi connectivity index (χ0n) is 17.7. The van der Waals surface area contributed by atoms with Crippen LogP contribution in [0, 0.1) is 6.92 Å². The number of carbonyl (C=O) groups excluding carboxylic acids is 2. The van der Waals surface area contributed by atoms with Gasteiger partial charge in [-0.3, -0.25) is 14.5 Å². The Morgan fingerprint density at radius 1 is 1.20 bits per heavy atom. The summed E-state index contributed by atoms with van der Waals surface area (Å²) in [6.07, 6.45) is 0.431. The van der Waals surface area contributed by atoms with Crippen molar-refractivity contribution in [3.8, 4) is 11.4 Å². The molecule has 1 unspecified atom stereocenters. The minimum atomic E-state index is -0.262. The molecule has 0 radical (unpaired) electrons. The average Bonchev–Trinajstić information content (AvgIpc) is 3.26. The average molecular weight is 433 g/mol. The van der Waals surface area contributed by atoms with Crippen molar-refractivity contribution < 1.29 is 18.8 Å². The normalized spacial score (nSPS) is 15.8. The first-order valence-electron chi connectivity index (χ1n) is 10.0. The van der Waals surface area contributed by atoms with Crippen LogP contribution in [0.15, 0.2) is 28.8 Å². The Balaban J connectivity index is 1.46. The van der Waals surface area contributed by atoms with E-state index in [4.69, 9.17) is 4.52 Å². The molecule has 0 spiro atoms. The van der Waals surface area contributed by atoms with Crippen molar-refractivity contribution in [2.24, 2.45) is 0 Å². The van der Waals surface area contributed by atoms with Crippen molar-refractivity contribution in [2.75, 3.05) is 44.8 Å². The summed E-state index contributed by atoms with van der Waals surface area (Å²) < 4.78 is 10.1. The van der Waals surface area contributed by atoms with Crippen LogP contribution in [0.25, 0.3) is 11.4 Å². The molecule has 0 aliphatic carbocycles. The largest absolute Gasteiger partial charge is 0.468 e. The molecule has 3 rings (SSSR count). The van der Waals surface area contributed by atoms with E-state index in [1.54, 1.807) is 0 Å². The number of hydrogen-bond acceptors (Lipinski definition) is 8. The van der Waals surface area contributed by atoms with Gasteiger partial charge < -0.3 is 14.2 Å². The Morgan fingerprint density at radius 3 is 2.57 bits per heavy atom. The quantitative estimate of drug-likeness (QED) is 0.464. The SMILES string of the molecule is COC(=O)CSCCC(=O)N1CCN(C(C)c2nc(-c3ccc(C)cc3)no2)CC1. The van der Waals surface area contributed by atoms with Gasteiger partial charge in [0.2, 0.25) is 17.6 Å². The lowest BCUT2D eigenvalue weighted by atomic mass is 10.1. The van der Waals surface area contributed by atoms with E-state index in [-0.39, 0.29) is 23.7 Å². The fourth-order valence-electron chi connectivity index (χ4n) is 3.27. The van der Waals surface area contributed by atoms with Gasteiger partial charge in [0, 0.05) is 43.9 Å². The number of rotatable bonds is 8. The summed E-state index contributed by atoms with van der Waals surface area (Å²) in [6, 6.07) is 8.02. The van der Waals surface area contributed by atoms with Gasteiger partial charge in [-0.25, -0.2) is 0 Å². The van der Waals surface area contributed by atoms with Crippen LogP contribution in [-0.4, -0.2) is 76.6 Å². The molecule has 30 heavy (non-hydrogen) atoms. The molecule has 2 aromatic rings. The molecule has 9 heteroatoms. The molecule has 1 aliphatic rings. The zero-order chi connectivity index (χ0) is 21.5. The molecule has 1 aliphatic heterocycles. The Hall–Kier alpha value is -2.39.